The minimum atomic E-state index is -1.04. The summed E-state index contributed by atoms with van der Waals surface area (Å²) in [6, 6.07) is 4.06. The maximum Gasteiger partial charge on any atom is 0.323 e. The van der Waals surface area contributed by atoms with E-state index in [4.69, 9.17) is 0 Å². The molecule has 0 aliphatic rings. The molecule has 1 aromatic rings. The zero-order valence-electron chi connectivity index (χ0n) is 11.7. The van der Waals surface area contributed by atoms with Crippen molar-refractivity contribution in [3.05, 3.63) is 23.8 Å². The summed E-state index contributed by atoms with van der Waals surface area (Å²) in [7, 11) is 0. The Kier molecular flexibility index (Phi) is 4.42. The lowest BCUT2D eigenvalue weighted by atomic mass is 9.96. The molecule has 0 fully saturated rings. The molecule has 0 spiro atoms. The number of hydrogen-bond donors (Lipinski definition) is 3. The van der Waals surface area contributed by atoms with E-state index in [1.165, 1.54) is 12.1 Å². The normalized spacial score (nSPS) is 13.5. The quantitative estimate of drug-likeness (QED) is 0.763. The van der Waals surface area contributed by atoms with E-state index in [0.29, 0.717) is 12.1 Å². The van der Waals surface area contributed by atoms with Crippen LogP contribution in [0.2, 0.25) is 0 Å². The molecule has 1 unspecified atom stereocenters. The van der Waals surface area contributed by atoms with Crippen LogP contribution in [0.15, 0.2) is 18.2 Å². The Hall–Kier alpha value is -1.75. The molecule has 19 heavy (non-hydrogen) atoms. The van der Waals surface area contributed by atoms with Crippen LogP contribution in [-0.4, -0.2) is 38.3 Å². The third kappa shape index (κ3) is 2.98. The third-order valence-electron chi connectivity index (χ3n) is 3.51. The number of phenols is 2. The second kappa shape index (κ2) is 5.48. The highest BCUT2D eigenvalue weighted by molar-refractivity contribution is 5.77. The SMILES string of the molecule is CCN(C(C)c1ccc(O)cc1O)C(C)(C)C(=O)O. The Morgan fingerprint density at radius 2 is 1.95 bits per heavy atom. The molecule has 1 atom stereocenters. The number of carboxylic acids is 1. The van der Waals surface area contributed by atoms with Gasteiger partial charge in [-0.25, -0.2) is 0 Å². The van der Waals surface area contributed by atoms with Gasteiger partial charge in [0.1, 0.15) is 17.0 Å². The minimum Gasteiger partial charge on any atom is -0.508 e. The number of carboxylic acid groups (broad SMARTS) is 1. The molecule has 0 amide bonds. The lowest BCUT2D eigenvalue weighted by Gasteiger charge is -2.39. The molecular weight excluding hydrogens is 246 g/mol. The fraction of sp³-hybridized carbons (Fsp3) is 0.500. The summed E-state index contributed by atoms with van der Waals surface area (Å²) in [5, 5.41) is 28.5. The number of nitrogens with zero attached hydrogens (tertiary/aromatic N) is 1. The van der Waals surface area contributed by atoms with Gasteiger partial charge in [-0.2, -0.15) is 0 Å². The van der Waals surface area contributed by atoms with E-state index < -0.39 is 11.5 Å². The number of phenolic OH excluding ortho intramolecular Hbond substituents is 2. The van der Waals surface area contributed by atoms with Gasteiger partial charge >= 0.3 is 5.97 Å². The van der Waals surface area contributed by atoms with Gasteiger partial charge in [0.2, 0.25) is 0 Å². The summed E-state index contributed by atoms with van der Waals surface area (Å²) in [6.07, 6.45) is 0. The van der Waals surface area contributed by atoms with E-state index >= 15 is 0 Å². The van der Waals surface area contributed by atoms with Gasteiger partial charge in [-0.3, -0.25) is 9.69 Å². The summed E-state index contributed by atoms with van der Waals surface area (Å²) >= 11 is 0. The van der Waals surface area contributed by atoms with Crippen LogP contribution < -0.4 is 0 Å². The van der Waals surface area contributed by atoms with Crippen LogP contribution in [0.5, 0.6) is 11.5 Å². The number of benzene rings is 1. The molecule has 3 N–H and O–H groups in total. The third-order valence-corrected chi connectivity index (χ3v) is 3.51. The first kappa shape index (κ1) is 15.3. The standard InChI is InChI=1S/C14H21NO4/c1-5-15(14(3,4)13(18)19)9(2)11-7-6-10(16)8-12(11)17/h6-9,16-17H,5H2,1-4H3,(H,18,19). The number of carbonyl (C=O) groups is 1. The Morgan fingerprint density at radius 3 is 2.37 bits per heavy atom. The monoisotopic (exact) mass is 267 g/mol. The van der Waals surface area contributed by atoms with Crippen molar-refractivity contribution >= 4 is 5.97 Å². The fourth-order valence-electron chi connectivity index (χ4n) is 2.33. The smallest absolute Gasteiger partial charge is 0.323 e. The second-order valence-electron chi connectivity index (χ2n) is 5.07. The summed E-state index contributed by atoms with van der Waals surface area (Å²) in [5.41, 5.74) is -0.452. The van der Waals surface area contributed by atoms with E-state index in [9.17, 15) is 20.1 Å². The first-order valence-electron chi connectivity index (χ1n) is 6.23. The van der Waals surface area contributed by atoms with Gasteiger partial charge in [0.25, 0.3) is 0 Å². The molecule has 0 bridgehead atoms. The average Bonchev–Trinajstić information content (AvgIpc) is 2.28. The number of aromatic hydroxyl groups is 2. The van der Waals surface area contributed by atoms with E-state index in [2.05, 4.69) is 0 Å². The van der Waals surface area contributed by atoms with E-state index in [1.807, 2.05) is 13.8 Å². The predicted molar refractivity (Wildman–Crippen MR) is 72.3 cm³/mol. The Morgan fingerprint density at radius 1 is 1.37 bits per heavy atom. The maximum atomic E-state index is 11.4. The van der Waals surface area contributed by atoms with E-state index in [0.717, 1.165) is 0 Å². The van der Waals surface area contributed by atoms with E-state index in [-0.39, 0.29) is 17.5 Å². The summed E-state index contributed by atoms with van der Waals surface area (Å²) in [4.78, 5) is 13.1. The Labute approximate surface area is 113 Å². The van der Waals surface area contributed by atoms with Gasteiger partial charge in [-0.15, -0.1) is 0 Å². The topological polar surface area (TPSA) is 81.0 Å². The Bertz CT molecular complexity index is 471. The molecule has 0 saturated carbocycles. The largest absolute Gasteiger partial charge is 0.508 e. The molecule has 0 aliphatic carbocycles. The van der Waals surface area contributed by atoms with Crippen LogP contribution in [0, 0.1) is 0 Å². The zero-order valence-corrected chi connectivity index (χ0v) is 11.7. The van der Waals surface area contributed by atoms with Crippen LogP contribution in [0.3, 0.4) is 0 Å². The minimum absolute atomic E-state index is 0.0195. The molecule has 5 heteroatoms. The lowest BCUT2D eigenvalue weighted by Crippen LogP contribution is -2.51. The highest BCUT2D eigenvalue weighted by atomic mass is 16.4. The van der Waals surface area contributed by atoms with Gasteiger partial charge < -0.3 is 15.3 Å². The van der Waals surface area contributed by atoms with Gasteiger partial charge in [0.05, 0.1) is 0 Å². The van der Waals surface area contributed by atoms with Gasteiger partial charge in [0, 0.05) is 17.7 Å². The molecular formula is C14H21NO4. The predicted octanol–water partition coefficient (Wildman–Crippen LogP) is 2.34. The van der Waals surface area contributed by atoms with Crippen molar-refractivity contribution in [1.82, 2.24) is 4.90 Å². The molecule has 5 nitrogen and oxygen atoms in total. The summed E-state index contributed by atoms with van der Waals surface area (Å²) in [5.74, 6) is -0.972. The molecule has 0 aliphatic heterocycles. The molecule has 0 heterocycles. The number of likely N-dealkylation sites (N-methyl/N-ethyl adjacent to an activating group) is 1. The van der Waals surface area contributed by atoms with Crippen molar-refractivity contribution < 1.29 is 20.1 Å². The fourth-order valence-corrected chi connectivity index (χ4v) is 2.33. The molecule has 1 aromatic carbocycles. The van der Waals surface area contributed by atoms with Gasteiger partial charge in [-0.1, -0.05) is 13.0 Å². The molecule has 0 aromatic heterocycles. The van der Waals surface area contributed by atoms with E-state index in [1.54, 1.807) is 24.8 Å². The highest BCUT2D eigenvalue weighted by Crippen LogP contribution is 2.34. The average molecular weight is 267 g/mol. The summed E-state index contributed by atoms with van der Waals surface area (Å²) in [6.45, 7) is 7.50. The number of hydrogen-bond acceptors (Lipinski definition) is 4. The highest BCUT2D eigenvalue weighted by Gasteiger charge is 2.37. The van der Waals surface area contributed by atoms with Crippen molar-refractivity contribution in [3.63, 3.8) is 0 Å². The van der Waals surface area contributed by atoms with Crippen LogP contribution in [0.25, 0.3) is 0 Å². The zero-order chi connectivity index (χ0) is 14.8. The van der Waals surface area contributed by atoms with Crippen molar-refractivity contribution in [1.29, 1.82) is 0 Å². The van der Waals surface area contributed by atoms with Crippen LogP contribution in [-0.2, 0) is 4.79 Å². The maximum absolute atomic E-state index is 11.4. The van der Waals surface area contributed by atoms with Gasteiger partial charge in [-0.05, 0) is 33.4 Å². The van der Waals surface area contributed by atoms with Crippen molar-refractivity contribution in [2.75, 3.05) is 6.54 Å². The number of aliphatic carboxylic acids is 1. The van der Waals surface area contributed by atoms with Crippen molar-refractivity contribution in [3.8, 4) is 11.5 Å². The lowest BCUT2D eigenvalue weighted by molar-refractivity contribution is -0.150. The second-order valence-corrected chi connectivity index (χ2v) is 5.07. The van der Waals surface area contributed by atoms with Gasteiger partial charge in [0.15, 0.2) is 0 Å². The molecule has 0 saturated heterocycles. The van der Waals surface area contributed by atoms with Crippen molar-refractivity contribution in [2.24, 2.45) is 0 Å². The number of rotatable bonds is 5. The van der Waals surface area contributed by atoms with Crippen LogP contribution in [0.4, 0.5) is 0 Å². The van der Waals surface area contributed by atoms with Crippen LogP contribution >= 0.6 is 0 Å². The summed E-state index contributed by atoms with van der Waals surface area (Å²) < 4.78 is 0. The Balaban J connectivity index is 3.15. The molecule has 0 radical (unpaired) electrons. The first-order chi connectivity index (χ1) is 8.71. The molecule has 106 valence electrons. The van der Waals surface area contributed by atoms with Crippen molar-refractivity contribution in [2.45, 2.75) is 39.3 Å². The van der Waals surface area contributed by atoms with Crippen LogP contribution in [0.1, 0.15) is 39.3 Å². The first-order valence-corrected chi connectivity index (χ1v) is 6.23. The molecule has 1 rings (SSSR count).